The van der Waals surface area contributed by atoms with Gasteiger partial charge in [-0.25, -0.2) is 17.7 Å². The van der Waals surface area contributed by atoms with Crippen molar-refractivity contribution in [3.63, 3.8) is 0 Å². The Morgan fingerprint density at radius 3 is 2.79 bits per heavy atom. The van der Waals surface area contributed by atoms with Crippen molar-refractivity contribution >= 4 is 48.5 Å². The van der Waals surface area contributed by atoms with Gasteiger partial charge in [0.1, 0.15) is 5.65 Å². The first-order valence-electron chi connectivity index (χ1n) is 9.91. The highest BCUT2D eigenvalue weighted by atomic mass is 32.2. The van der Waals surface area contributed by atoms with Crippen LogP contribution in [0.2, 0.25) is 0 Å². The summed E-state index contributed by atoms with van der Waals surface area (Å²) in [7, 11) is 1.83. The number of hydrogen-bond acceptors (Lipinski definition) is 6. The van der Waals surface area contributed by atoms with E-state index in [2.05, 4.69) is 19.2 Å². The largest absolute Gasteiger partial charge is 0.468 e. The zero-order valence-corrected chi connectivity index (χ0v) is 18.7. The van der Waals surface area contributed by atoms with Crippen molar-refractivity contribution in [1.29, 1.82) is 0 Å². The smallest absolute Gasteiger partial charge is 0.428 e. The third-order valence-electron chi connectivity index (χ3n) is 6.18. The molecule has 0 bridgehead atoms. The van der Waals surface area contributed by atoms with Crippen LogP contribution in [0.5, 0.6) is 0 Å². The van der Waals surface area contributed by atoms with E-state index in [0.717, 1.165) is 53.5 Å². The van der Waals surface area contributed by atoms with E-state index in [0.29, 0.717) is 6.29 Å². The molecule has 2 aromatic heterocycles. The number of hydrogen-bond donors (Lipinski definition) is 2. The molecule has 2 aliphatic rings. The number of nitrogens with one attached hydrogen (secondary N) is 1. The van der Waals surface area contributed by atoms with Crippen molar-refractivity contribution in [2.45, 2.75) is 25.7 Å². The molecule has 1 aliphatic carbocycles. The Hall–Kier alpha value is -1.48. The van der Waals surface area contributed by atoms with Crippen LogP contribution < -0.4 is 5.46 Å². The summed E-state index contributed by atoms with van der Waals surface area (Å²) in [5, 5.41) is 16.3. The first-order valence-corrected chi connectivity index (χ1v) is 12.3. The van der Waals surface area contributed by atoms with Gasteiger partial charge in [-0.05, 0) is 37.7 Å². The maximum absolute atomic E-state index is 12.4. The molecule has 1 atom stereocenters. The molecule has 2 N–H and O–H groups in total. The summed E-state index contributed by atoms with van der Waals surface area (Å²) in [4.78, 5) is 9.14. The van der Waals surface area contributed by atoms with Gasteiger partial charge < -0.3 is 14.9 Å². The molecule has 0 spiro atoms. The van der Waals surface area contributed by atoms with Crippen LogP contribution in [0.15, 0.2) is 23.6 Å². The maximum atomic E-state index is 12.4. The van der Waals surface area contributed by atoms with Gasteiger partial charge in [-0.2, -0.15) is 5.10 Å². The minimum absolute atomic E-state index is 0.173. The average Bonchev–Trinajstić information content (AvgIpc) is 3.19. The molecule has 3 heterocycles. The van der Waals surface area contributed by atoms with E-state index in [4.69, 9.17) is 5.10 Å². The third kappa shape index (κ3) is 3.83. The van der Waals surface area contributed by atoms with Gasteiger partial charge in [0.2, 0.25) is 10.0 Å². The highest BCUT2D eigenvalue weighted by molar-refractivity contribution is 7.89. The zero-order chi connectivity index (χ0) is 20.8. The molecule has 11 heteroatoms. The van der Waals surface area contributed by atoms with Gasteiger partial charge in [0.15, 0.2) is 0 Å². The van der Waals surface area contributed by atoms with Gasteiger partial charge in [-0.3, -0.25) is 0 Å². The number of hydrazone groups is 1. The second kappa shape index (κ2) is 7.98. The summed E-state index contributed by atoms with van der Waals surface area (Å²) in [6.07, 6.45) is 7.49. The highest BCUT2D eigenvalue weighted by Crippen LogP contribution is 2.34. The Balaban J connectivity index is 1.56. The monoisotopic (exact) mass is 435 g/mol. The molecule has 1 fully saturated rings. The molecule has 0 aromatic carbocycles. The van der Waals surface area contributed by atoms with Gasteiger partial charge in [-0.15, -0.1) is 9.24 Å². The lowest BCUT2D eigenvalue weighted by molar-refractivity contribution is 0.337. The number of nitrogens with zero attached hydrogens (tertiary/aromatic N) is 4. The van der Waals surface area contributed by atoms with E-state index in [1.54, 1.807) is 25.2 Å². The Morgan fingerprint density at radius 1 is 1.38 bits per heavy atom. The number of sulfonamides is 1. The van der Waals surface area contributed by atoms with Crippen LogP contribution in [0, 0.1) is 11.8 Å². The molecule has 1 aliphatic heterocycles. The molecule has 156 valence electrons. The van der Waals surface area contributed by atoms with Crippen molar-refractivity contribution in [3.8, 4) is 0 Å². The van der Waals surface area contributed by atoms with E-state index >= 15 is 0 Å². The number of rotatable bonds is 5. The van der Waals surface area contributed by atoms with Crippen molar-refractivity contribution < 1.29 is 13.4 Å². The van der Waals surface area contributed by atoms with Gasteiger partial charge in [-0.1, -0.05) is 0 Å². The number of pyridine rings is 1. The summed E-state index contributed by atoms with van der Waals surface area (Å²) in [6, 6.07) is 1.98. The Bertz CT molecular complexity index is 1040. The lowest BCUT2D eigenvalue weighted by Gasteiger charge is -2.34. The van der Waals surface area contributed by atoms with Crippen LogP contribution in [0.1, 0.15) is 31.2 Å². The minimum Gasteiger partial charge on any atom is -0.428 e. The minimum atomic E-state index is -3.21. The fraction of sp³-hybridized carbons (Fsp3) is 0.556. The van der Waals surface area contributed by atoms with Gasteiger partial charge in [0.25, 0.3) is 0 Å². The molecule has 1 saturated carbocycles. The third-order valence-corrected chi connectivity index (χ3v) is 8.99. The summed E-state index contributed by atoms with van der Waals surface area (Å²) in [5.74, 6) is 0.618. The Kier molecular flexibility index (Phi) is 5.72. The van der Waals surface area contributed by atoms with Crippen LogP contribution >= 0.6 is 9.24 Å². The molecule has 0 radical (unpaired) electrons. The first-order chi connectivity index (χ1) is 13.8. The normalized spacial score (nSPS) is 22.9. The number of aromatic nitrogens is 2. The van der Waals surface area contributed by atoms with Crippen LogP contribution in [0.25, 0.3) is 11.0 Å². The molecule has 1 unspecified atom stereocenters. The number of fused-ring (bicyclic) bond motifs is 3. The second-order valence-electron chi connectivity index (χ2n) is 8.04. The van der Waals surface area contributed by atoms with E-state index in [9.17, 15) is 13.4 Å². The fourth-order valence-corrected chi connectivity index (χ4v) is 6.50. The lowest BCUT2D eigenvalue weighted by Crippen LogP contribution is -2.51. The summed E-state index contributed by atoms with van der Waals surface area (Å²) >= 11 is 0. The van der Waals surface area contributed by atoms with E-state index < -0.39 is 17.1 Å². The molecule has 0 amide bonds. The van der Waals surface area contributed by atoms with E-state index in [1.165, 1.54) is 4.31 Å². The first kappa shape index (κ1) is 20.8. The molecule has 29 heavy (non-hydrogen) atoms. The molecule has 8 nitrogen and oxygen atoms in total. The van der Waals surface area contributed by atoms with Crippen LogP contribution in [-0.2, 0) is 10.0 Å². The quantitative estimate of drug-likeness (QED) is 0.535. The molecular weight excluding hydrogens is 408 g/mol. The van der Waals surface area contributed by atoms with Gasteiger partial charge >= 0.3 is 7.05 Å². The highest BCUT2D eigenvalue weighted by Gasteiger charge is 2.37. The lowest BCUT2D eigenvalue weighted by atomic mass is 9.67. The van der Waals surface area contributed by atoms with Crippen molar-refractivity contribution in [1.82, 2.24) is 19.2 Å². The van der Waals surface area contributed by atoms with Gasteiger partial charge in [0.05, 0.1) is 11.5 Å². The summed E-state index contributed by atoms with van der Waals surface area (Å²) in [5.41, 5.74) is 3.51. The van der Waals surface area contributed by atoms with Gasteiger partial charge in [0, 0.05) is 55.1 Å². The van der Waals surface area contributed by atoms with Crippen LogP contribution in [-0.4, -0.2) is 71.5 Å². The topological polar surface area (TPSA) is 102 Å². The molecule has 0 saturated heterocycles. The number of H-pyrrole nitrogens is 1. The van der Waals surface area contributed by atoms with E-state index in [1.807, 2.05) is 12.3 Å². The Morgan fingerprint density at radius 2 is 2.10 bits per heavy atom. The molecule has 4 rings (SSSR count). The van der Waals surface area contributed by atoms with Crippen LogP contribution in [0.3, 0.4) is 0 Å². The average molecular weight is 435 g/mol. The maximum Gasteiger partial charge on any atom is 0.468 e. The predicted molar refractivity (Wildman–Crippen MR) is 120 cm³/mol. The zero-order valence-electron chi connectivity index (χ0n) is 16.7. The molecule has 2 aromatic rings. The van der Waals surface area contributed by atoms with Crippen molar-refractivity contribution in [3.05, 3.63) is 24.0 Å². The predicted octanol–water partition coefficient (Wildman–Crippen LogP) is 0.800. The van der Waals surface area contributed by atoms with E-state index in [-0.39, 0.29) is 17.6 Å². The van der Waals surface area contributed by atoms with Crippen LogP contribution in [0.4, 0.5) is 0 Å². The standard InChI is InChI=1S/C18H27BN5O3PS/c1-23(11-28)29(26,27)10-12-3-5-13(6-4-12)17-16-14-7-8-20-18(14)21-9-15(16)19(25)24(2)22-17/h7-9,12-13,25H,3-6,10-11,28H2,1-2H3,(H,20,21). The SMILES string of the molecule is CN1N=C(C2CCC(CS(=O)(=O)N(C)CP)CC2)c2c(cnc3[nH]ccc23)B1O. The Labute approximate surface area is 174 Å². The molecular formula is C18H27BN5O3PS. The summed E-state index contributed by atoms with van der Waals surface area (Å²) in [6.45, 7) is 0. The second-order valence-corrected chi connectivity index (χ2v) is 10.5. The summed E-state index contributed by atoms with van der Waals surface area (Å²) < 4.78 is 26.2. The fourth-order valence-electron chi connectivity index (χ4n) is 4.41. The van der Waals surface area contributed by atoms with Crippen molar-refractivity contribution in [2.24, 2.45) is 16.9 Å². The van der Waals surface area contributed by atoms with Crippen molar-refractivity contribution in [2.75, 3.05) is 26.1 Å². The number of aromatic amines is 1.